The molecule has 0 radical (unpaired) electrons. The lowest BCUT2D eigenvalue weighted by Gasteiger charge is -2.14. The number of carbonyl (C=O) groups is 2. The Bertz CT molecular complexity index is 131. The molecule has 0 rings (SSSR count). The third-order valence-corrected chi connectivity index (χ3v) is 1.11. The van der Waals surface area contributed by atoms with E-state index in [2.05, 4.69) is 0 Å². The molecule has 0 aliphatic rings. The number of hydrogen-bond acceptors (Lipinski definition) is 3. The number of nitrogens with two attached hydrogens (primary N) is 1. The van der Waals surface area contributed by atoms with E-state index in [-0.39, 0.29) is 11.8 Å². The number of carbonyl (C=O) groups excluding carboxylic acids is 2. The molecular weight excluding hydrogens is 132 g/mol. The third kappa shape index (κ3) is 2.59. The summed E-state index contributed by atoms with van der Waals surface area (Å²) in [7, 11) is 0. The SMILES string of the molecule is CC(=O)N(CCN)C(C)=O. The molecule has 0 fully saturated rings. The molecule has 0 aliphatic heterocycles. The van der Waals surface area contributed by atoms with Gasteiger partial charge in [0, 0.05) is 26.9 Å². The monoisotopic (exact) mass is 144 g/mol. The molecule has 0 bridgehead atoms. The average Bonchev–Trinajstić information content (AvgIpc) is 1.81. The Labute approximate surface area is 60.0 Å². The van der Waals surface area contributed by atoms with E-state index in [0.29, 0.717) is 13.1 Å². The fourth-order valence-corrected chi connectivity index (χ4v) is 0.666. The van der Waals surface area contributed by atoms with E-state index in [9.17, 15) is 9.59 Å². The first-order chi connectivity index (χ1) is 4.59. The van der Waals surface area contributed by atoms with Crippen LogP contribution in [0.1, 0.15) is 13.8 Å². The second-order valence-electron chi connectivity index (χ2n) is 1.98. The number of nitrogens with zero attached hydrogens (tertiary/aromatic N) is 1. The van der Waals surface area contributed by atoms with Crippen LogP contribution in [0.25, 0.3) is 0 Å². The van der Waals surface area contributed by atoms with Gasteiger partial charge >= 0.3 is 0 Å². The van der Waals surface area contributed by atoms with Crippen LogP contribution in [-0.4, -0.2) is 29.8 Å². The standard InChI is InChI=1S/C6H12N2O2/c1-5(9)8(4-3-7)6(2)10/h3-4,7H2,1-2H3. The van der Waals surface area contributed by atoms with Crippen molar-refractivity contribution in [2.24, 2.45) is 5.73 Å². The summed E-state index contributed by atoms with van der Waals surface area (Å²) >= 11 is 0. The lowest BCUT2D eigenvalue weighted by molar-refractivity contribution is -0.141. The van der Waals surface area contributed by atoms with Gasteiger partial charge in [-0.2, -0.15) is 0 Å². The largest absolute Gasteiger partial charge is 0.329 e. The highest BCUT2D eigenvalue weighted by molar-refractivity contribution is 5.92. The van der Waals surface area contributed by atoms with Crippen LogP contribution < -0.4 is 5.73 Å². The van der Waals surface area contributed by atoms with Crippen molar-refractivity contribution < 1.29 is 9.59 Å². The van der Waals surface area contributed by atoms with Gasteiger partial charge in [-0.25, -0.2) is 0 Å². The first-order valence-corrected chi connectivity index (χ1v) is 3.08. The van der Waals surface area contributed by atoms with E-state index < -0.39 is 0 Å². The fourth-order valence-electron chi connectivity index (χ4n) is 0.666. The van der Waals surface area contributed by atoms with Gasteiger partial charge in [-0.15, -0.1) is 0 Å². The maximum atomic E-state index is 10.6. The number of imide groups is 1. The van der Waals surface area contributed by atoms with Gasteiger partial charge < -0.3 is 5.73 Å². The zero-order valence-corrected chi connectivity index (χ0v) is 6.26. The summed E-state index contributed by atoms with van der Waals surface area (Å²) in [6, 6.07) is 0. The van der Waals surface area contributed by atoms with Gasteiger partial charge in [-0.1, -0.05) is 0 Å². The molecule has 10 heavy (non-hydrogen) atoms. The van der Waals surface area contributed by atoms with Crippen molar-refractivity contribution in [1.82, 2.24) is 4.90 Å². The summed E-state index contributed by atoms with van der Waals surface area (Å²) < 4.78 is 0. The van der Waals surface area contributed by atoms with Crippen LogP contribution in [0.15, 0.2) is 0 Å². The summed E-state index contributed by atoms with van der Waals surface area (Å²) in [5, 5.41) is 0. The van der Waals surface area contributed by atoms with Gasteiger partial charge in [0.1, 0.15) is 0 Å². The summed E-state index contributed by atoms with van der Waals surface area (Å²) in [6.07, 6.45) is 0. The molecule has 0 aromatic carbocycles. The molecular formula is C6H12N2O2. The smallest absolute Gasteiger partial charge is 0.226 e. The predicted molar refractivity (Wildman–Crippen MR) is 37.1 cm³/mol. The summed E-state index contributed by atoms with van der Waals surface area (Å²) in [5.41, 5.74) is 5.16. The maximum Gasteiger partial charge on any atom is 0.226 e. The van der Waals surface area contributed by atoms with Crippen LogP contribution in [0.5, 0.6) is 0 Å². The average molecular weight is 144 g/mol. The molecule has 2 N–H and O–H groups in total. The Kier molecular flexibility index (Phi) is 3.64. The van der Waals surface area contributed by atoms with Gasteiger partial charge in [0.05, 0.1) is 0 Å². The summed E-state index contributed by atoms with van der Waals surface area (Å²) in [4.78, 5) is 22.4. The van der Waals surface area contributed by atoms with E-state index in [1.807, 2.05) is 0 Å². The van der Waals surface area contributed by atoms with Crippen LogP contribution in [0.3, 0.4) is 0 Å². The fraction of sp³-hybridized carbons (Fsp3) is 0.667. The second-order valence-corrected chi connectivity index (χ2v) is 1.98. The van der Waals surface area contributed by atoms with Crippen molar-refractivity contribution in [2.45, 2.75) is 13.8 Å². The van der Waals surface area contributed by atoms with E-state index in [1.54, 1.807) is 0 Å². The van der Waals surface area contributed by atoms with E-state index >= 15 is 0 Å². The molecule has 4 nitrogen and oxygen atoms in total. The quantitative estimate of drug-likeness (QED) is 0.559. The molecule has 58 valence electrons. The van der Waals surface area contributed by atoms with Gasteiger partial charge in [0.2, 0.25) is 11.8 Å². The molecule has 0 spiro atoms. The van der Waals surface area contributed by atoms with Crippen LogP contribution >= 0.6 is 0 Å². The van der Waals surface area contributed by atoms with Crippen molar-refractivity contribution in [2.75, 3.05) is 13.1 Å². The highest BCUT2D eigenvalue weighted by Crippen LogP contribution is 1.87. The second kappa shape index (κ2) is 4.00. The molecule has 2 amide bonds. The Morgan fingerprint density at radius 1 is 1.30 bits per heavy atom. The first-order valence-electron chi connectivity index (χ1n) is 3.08. The Hall–Kier alpha value is -0.900. The lowest BCUT2D eigenvalue weighted by atomic mass is 10.4. The Balaban J connectivity index is 3.98. The molecule has 0 heterocycles. The number of rotatable bonds is 2. The highest BCUT2D eigenvalue weighted by atomic mass is 16.2. The molecule has 0 aromatic rings. The lowest BCUT2D eigenvalue weighted by Crippen LogP contribution is -2.37. The molecule has 0 unspecified atom stereocenters. The molecule has 4 heteroatoms. The van der Waals surface area contributed by atoms with Crippen molar-refractivity contribution >= 4 is 11.8 Å². The summed E-state index contributed by atoms with van der Waals surface area (Å²) in [6.45, 7) is 3.32. The van der Waals surface area contributed by atoms with E-state index in [0.717, 1.165) is 4.90 Å². The highest BCUT2D eigenvalue weighted by Gasteiger charge is 2.10. The molecule has 0 aliphatic carbocycles. The number of hydrogen-bond donors (Lipinski definition) is 1. The van der Waals surface area contributed by atoms with E-state index in [4.69, 9.17) is 5.73 Å². The molecule has 0 saturated heterocycles. The zero-order chi connectivity index (χ0) is 8.15. The van der Waals surface area contributed by atoms with Gasteiger partial charge in [0.25, 0.3) is 0 Å². The minimum Gasteiger partial charge on any atom is -0.329 e. The van der Waals surface area contributed by atoms with Crippen LogP contribution in [0.2, 0.25) is 0 Å². The van der Waals surface area contributed by atoms with Crippen LogP contribution in [0.4, 0.5) is 0 Å². The molecule has 0 aromatic heterocycles. The van der Waals surface area contributed by atoms with Gasteiger partial charge in [0.15, 0.2) is 0 Å². The van der Waals surface area contributed by atoms with Crippen LogP contribution in [-0.2, 0) is 9.59 Å². The maximum absolute atomic E-state index is 10.6. The zero-order valence-electron chi connectivity index (χ0n) is 6.26. The van der Waals surface area contributed by atoms with Crippen molar-refractivity contribution in [3.63, 3.8) is 0 Å². The third-order valence-electron chi connectivity index (χ3n) is 1.11. The van der Waals surface area contributed by atoms with E-state index in [1.165, 1.54) is 13.8 Å². The Morgan fingerprint density at radius 2 is 1.70 bits per heavy atom. The van der Waals surface area contributed by atoms with Crippen molar-refractivity contribution in [3.05, 3.63) is 0 Å². The topological polar surface area (TPSA) is 63.4 Å². The normalized spacial score (nSPS) is 9.10. The molecule has 0 saturated carbocycles. The minimum absolute atomic E-state index is 0.252. The van der Waals surface area contributed by atoms with Crippen molar-refractivity contribution in [1.29, 1.82) is 0 Å². The first kappa shape index (κ1) is 9.10. The summed E-state index contributed by atoms with van der Waals surface area (Å²) in [5.74, 6) is -0.504. The van der Waals surface area contributed by atoms with Crippen LogP contribution in [0, 0.1) is 0 Å². The minimum atomic E-state index is -0.252. The molecule has 0 atom stereocenters. The van der Waals surface area contributed by atoms with Gasteiger partial charge in [-0.3, -0.25) is 14.5 Å². The van der Waals surface area contributed by atoms with Gasteiger partial charge in [-0.05, 0) is 0 Å². The predicted octanol–water partition coefficient (Wildman–Crippen LogP) is -0.660. The Morgan fingerprint density at radius 3 is 1.80 bits per heavy atom. The number of amides is 2. The van der Waals surface area contributed by atoms with Crippen molar-refractivity contribution in [3.8, 4) is 0 Å².